The van der Waals surface area contributed by atoms with Gasteiger partial charge in [0.05, 0.1) is 31.5 Å². The van der Waals surface area contributed by atoms with Gasteiger partial charge in [-0.15, -0.1) is 11.3 Å². The van der Waals surface area contributed by atoms with Crippen LogP contribution >= 0.6 is 22.9 Å². The zero-order valence-electron chi connectivity index (χ0n) is 15.5. The van der Waals surface area contributed by atoms with Gasteiger partial charge in [0.2, 0.25) is 11.9 Å². The first kappa shape index (κ1) is 19.3. The predicted molar refractivity (Wildman–Crippen MR) is 117 cm³/mol. The number of nitrogens with zero attached hydrogens (tertiary/aromatic N) is 4. The van der Waals surface area contributed by atoms with Gasteiger partial charge in [-0.1, -0.05) is 17.7 Å². The van der Waals surface area contributed by atoms with Gasteiger partial charge < -0.3 is 15.6 Å². The van der Waals surface area contributed by atoms with Gasteiger partial charge in [-0.05, 0) is 30.3 Å². The molecule has 4 rings (SSSR count). The van der Waals surface area contributed by atoms with E-state index in [-0.39, 0.29) is 5.91 Å². The van der Waals surface area contributed by atoms with Gasteiger partial charge in [-0.2, -0.15) is 0 Å². The molecule has 0 spiro atoms. The average molecular weight is 428 g/mol. The molecule has 0 bridgehead atoms. The van der Waals surface area contributed by atoms with Gasteiger partial charge in [-0.3, -0.25) is 10.1 Å². The maximum atomic E-state index is 12.8. The number of fused-ring (bicyclic) bond motifs is 1. The van der Waals surface area contributed by atoms with E-state index in [9.17, 15) is 4.79 Å². The molecule has 0 aliphatic heterocycles. The Morgan fingerprint density at radius 3 is 2.90 bits per heavy atom. The fourth-order valence-corrected chi connectivity index (χ4v) is 4.10. The van der Waals surface area contributed by atoms with Crippen molar-refractivity contribution >= 4 is 51.8 Å². The SMILES string of the molecule is CNc1nccc(-c2ccc(C(=O)Nc3nc4cccc(Cl)c4n3CCN)s2)n1. The lowest BCUT2D eigenvalue weighted by atomic mass is 10.3. The molecule has 0 aliphatic carbocycles. The Balaban J connectivity index is 1.63. The van der Waals surface area contributed by atoms with Crippen molar-refractivity contribution in [1.29, 1.82) is 0 Å². The molecular weight excluding hydrogens is 410 g/mol. The molecule has 10 heteroatoms. The van der Waals surface area contributed by atoms with E-state index < -0.39 is 0 Å². The van der Waals surface area contributed by atoms with Crippen LogP contribution in [0.25, 0.3) is 21.6 Å². The molecule has 3 aromatic heterocycles. The van der Waals surface area contributed by atoms with Crippen LogP contribution in [0, 0.1) is 0 Å². The molecule has 0 unspecified atom stereocenters. The number of benzene rings is 1. The first-order valence-electron chi connectivity index (χ1n) is 8.88. The van der Waals surface area contributed by atoms with Gasteiger partial charge in [-0.25, -0.2) is 15.0 Å². The minimum Gasteiger partial charge on any atom is -0.357 e. The lowest BCUT2D eigenvalue weighted by molar-refractivity contribution is 0.102. The van der Waals surface area contributed by atoms with Crippen molar-refractivity contribution in [1.82, 2.24) is 19.5 Å². The highest BCUT2D eigenvalue weighted by Gasteiger charge is 2.17. The summed E-state index contributed by atoms with van der Waals surface area (Å²) in [5.74, 6) is 0.682. The van der Waals surface area contributed by atoms with Crippen molar-refractivity contribution in [3.8, 4) is 10.6 Å². The van der Waals surface area contributed by atoms with Crippen molar-refractivity contribution in [3.63, 3.8) is 0 Å². The summed E-state index contributed by atoms with van der Waals surface area (Å²) >= 11 is 7.68. The van der Waals surface area contributed by atoms with Gasteiger partial charge in [0, 0.05) is 26.3 Å². The lowest BCUT2D eigenvalue weighted by Gasteiger charge is -2.08. The number of para-hydroxylation sites is 1. The molecule has 0 atom stereocenters. The maximum Gasteiger partial charge on any atom is 0.268 e. The molecule has 29 heavy (non-hydrogen) atoms. The molecule has 0 radical (unpaired) electrons. The number of thiophene rings is 1. The summed E-state index contributed by atoms with van der Waals surface area (Å²) in [6, 6.07) is 10.9. The third kappa shape index (κ3) is 3.80. The Bertz CT molecular complexity index is 1190. The van der Waals surface area contributed by atoms with Crippen molar-refractivity contribution in [2.45, 2.75) is 6.54 Å². The molecule has 1 amide bonds. The molecule has 0 fully saturated rings. The van der Waals surface area contributed by atoms with Crippen LogP contribution in [0.5, 0.6) is 0 Å². The van der Waals surface area contributed by atoms with Gasteiger partial charge in [0.1, 0.15) is 0 Å². The number of rotatable bonds is 6. The molecule has 0 saturated heterocycles. The Morgan fingerprint density at radius 2 is 2.10 bits per heavy atom. The third-order valence-electron chi connectivity index (χ3n) is 4.26. The number of carbonyl (C=O) groups is 1. The predicted octanol–water partition coefficient (Wildman–Crippen LogP) is 3.46. The summed E-state index contributed by atoms with van der Waals surface area (Å²) in [6.07, 6.45) is 1.67. The van der Waals surface area contributed by atoms with Crippen LogP contribution in [0.1, 0.15) is 9.67 Å². The highest BCUT2D eigenvalue weighted by molar-refractivity contribution is 7.17. The van der Waals surface area contributed by atoms with E-state index in [1.807, 2.05) is 22.8 Å². The van der Waals surface area contributed by atoms with Crippen LogP contribution in [-0.4, -0.2) is 39.0 Å². The molecular formula is C19H18ClN7OS. The third-order valence-corrected chi connectivity index (χ3v) is 5.67. The number of halogens is 1. The Kier molecular flexibility index (Phi) is 5.43. The zero-order chi connectivity index (χ0) is 20.4. The van der Waals surface area contributed by atoms with E-state index in [1.165, 1.54) is 11.3 Å². The number of hydrogen-bond acceptors (Lipinski definition) is 7. The van der Waals surface area contributed by atoms with Gasteiger partial charge in [0.25, 0.3) is 5.91 Å². The number of hydrogen-bond donors (Lipinski definition) is 3. The minimum atomic E-state index is -0.256. The second-order valence-corrected chi connectivity index (χ2v) is 7.61. The molecule has 1 aromatic carbocycles. The summed E-state index contributed by atoms with van der Waals surface area (Å²) < 4.78 is 1.83. The summed E-state index contributed by atoms with van der Waals surface area (Å²) in [7, 11) is 1.76. The number of carbonyl (C=O) groups excluding carboxylic acids is 1. The molecule has 8 nitrogen and oxygen atoms in total. The van der Waals surface area contributed by atoms with Gasteiger partial charge in [0.15, 0.2) is 0 Å². The highest BCUT2D eigenvalue weighted by Crippen LogP contribution is 2.29. The van der Waals surface area contributed by atoms with Crippen molar-refractivity contribution < 1.29 is 4.79 Å². The van der Waals surface area contributed by atoms with Crippen LogP contribution < -0.4 is 16.4 Å². The van der Waals surface area contributed by atoms with E-state index in [2.05, 4.69) is 25.6 Å². The number of imidazole rings is 1. The maximum absolute atomic E-state index is 12.8. The smallest absolute Gasteiger partial charge is 0.268 e. The van der Waals surface area contributed by atoms with E-state index in [0.717, 1.165) is 16.1 Å². The van der Waals surface area contributed by atoms with Crippen molar-refractivity contribution in [2.24, 2.45) is 5.73 Å². The first-order chi connectivity index (χ1) is 14.1. The highest BCUT2D eigenvalue weighted by atomic mass is 35.5. The largest absolute Gasteiger partial charge is 0.357 e. The second-order valence-electron chi connectivity index (χ2n) is 6.12. The molecule has 4 aromatic rings. The fourth-order valence-electron chi connectivity index (χ4n) is 2.96. The number of nitrogens with two attached hydrogens (primary N) is 1. The monoisotopic (exact) mass is 427 g/mol. The van der Waals surface area contributed by atoms with Crippen LogP contribution in [0.15, 0.2) is 42.6 Å². The van der Waals surface area contributed by atoms with Gasteiger partial charge >= 0.3 is 0 Å². The van der Waals surface area contributed by atoms with Crippen LogP contribution in [0.4, 0.5) is 11.9 Å². The molecule has 0 aliphatic rings. The normalized spacial score (nSPS) is 11.0. The number of nitrogens with one attached hydrogen (secondary N) is 2. The second kappa shape index (κ2) is 8.16. The first-order valence-corrected chi connectivity index (χ1v) is 10.1. The zero-order valence-corrected chi connectivity index (χ0v) is 17.1. The summed E-state index contributed by atoms with van der Waals surface area (Å²) in [6.45, 7) is 0.878. The molecule has 0 saturated carbocycles. The van der Waals surface area contributed by atoms with E-state index in [4.69, 9.17) is 17.3 Å². The topological polar surface area (TPSA) is 111 Å². The van der Waals surface area contributed by atoms with Crippen LogP contribution in [0.3, 0.4) is 0 Å². The quantitative estimate of drug-likeness (QED) is 0.434. The van der Waals surface area contributed by atoms with Crippen LogP contribution in [-0.2, 0) is 6.54 Å². The average Bonchev–Trinajstić information content (AvgIpc) is 3.35. The Morgan fingerprint density at radius 1 is 1.24 bits per heavy atom. The summed E-state index contributed by atoms with van der Waals surface area (Å²) in [4.78, 5) is 27.3. The Labute approximate surface area is 175 Å². The summed E-state index contributed by atoms with van der Waals surface area (Å²) in [5, 5.41) is 6.35. The minimum absolute atomic E-state index is 0.256. The fraction of sp³-hybridized carbons (Fsp3) is 0.158. The number of amides is 1. The van der Waals surface area contributed by atoms with Crippen LogP contribution in [0.2, 0.25) is 5.02 Å². The van der Waals surface area contributed by atoms with E-state index in [0.29, 0.717) is 40.4 Å². The number of anilines is 2. The Hall–Kier alpha value is -3.01. The van der Waals surface area contributed by atoms with Crippen molar-refractivity contribution in [2.75, 3.05) is 24.2 Å². The van der Waals surface area contributed by atoms with Crippen molar-refractivity contribution in [3.05, 3.63) is 52.5 Å². The molecule has 148 valence electrons. The molecule has 4 N–H and O–H groups in total. The van der Waals surface area contributed by atoms with E-state index in [1.54, 1.807) is 31.4 Å². The number of aromatic nitrogens is 4. The molecule has 3 heterocycles. The lowest BCUT2D eigenvalue weighted by Crippen LogP contribution is -2.17. The summed E-state index contributed by atoms with van der Waals surface area (Å²) in [5.41, 5.74) is 7.94. The standard InChI is InChI=1S/C19H18ClN7OS/c1-22-18-23-9-7-12(24-18)14-5-6-15(29-14)17(28)26-19-25-13-4-2-3-11(20)16(13)27(19)10-8-21/h2-7,9H,8,10,21H2,1H3,(H,22,23,24)(H,25,26,28). The van der Waals surface area contributed by atoms with E-state index >= 15 is 0 Å².